The predicted octanol–water partition coefficient (Wildman–Crippen LogP) is 2.03. The molecule has 1 saturated carbocycles. The zero-order valence-electron chi connectivity index (χ0n) is 14.0. The zero-order valence-corrected chi connectivity index (χ0v) is 14.0. The molecule has 0 amide bonds. The number of rotatable bonds is 5. The molecule has 1 aliphatic heterocycles. The molecule has 2 aliphatic rings. The van der Waals surface area contributed by atoms with E-state index in [1.54, 1.807) is 20.4 Å². The van der Waals surface area contributed by atoms with E-state index in [1.807, 2.05) is 0 Å². The van der Waals surface area contributed by atoms with Gasteiger partial charge in [-0.25, -0.2) is 0 Å². The number of benzene rings is 1. The molecule has 1 aromatic heterocycles. The molecule has 0 saturated heterocycles. The lowest BCUT2D eigenvalue weighted by molar-refractivity contribution is 0.353. The van der Waals surface area contributed by atoms with Crippen molar-refractivity contribution in [2.24, 2.45) is 0 Å². The van der Waals surface area contributed by atoms with E-state index in [0.717, 1.165) is 36.8 Å². The first-order chi connectivity index (χ1) is 11.8. The molecule has 2 aromatic rings. The fraction of sp³-hybridized carbons (Fsp3) is 0.471. The lowest BCUT2D eigenvalue weighted by atomic mass is 9.99. The van der Waals surface area contributed by atoms with E-state index in [2.05, 4.69) is 37.5 Å². The Morgan fingerprint density at radius 3 is 2.58 bits per heavy atom. The van der Waals surface area contributed by atoms with Crippen molar-refractivity contribution in [3.63, 3.8) is 0 Å². The molecule has 0 atom stereocenters. The van der Waals surface area contributed by atoms with Gasteiger partial charge in [-0.3, -0.25) is 0 Å². The Morgan fingerprint density at radius 1 is 1.12 bits per heavy atom. The van der Waals surface area contributed by atoms with Crippen molar-refractivity contribution in [1.29, 1.82) is 0 Å². The van der Waals surface area contributed by atoms with E-state index in [9.17, 15) is 0 Å². The molecule has 126 valence electrons. The zero-order chi connectivity index (χ0) is 16.5. The van der Waals surface area contributed by atoms with Crippen molar-refractivity contribution in [3.05, 3.63) is 29.5 Å². The van der Waals surface area contributed by atoms with Crippen LogP contribution in [0.5, 0.6) is 11.5 Å². The third-order valence-corrected chi connectivity index (χ3v) is 4.50. The van der Waals surface area contributed by atoms with Gasteiger partial charge in [-0.1, -0.05) is 0 Å². The van der Waals surface area contributed by atoms with Gasteiger partial charge in [0, 0.05) is 19.1 Å². The van der Waals surface area contributed by atoms with Crippen LogP contribution in [0.3, 0.4) is 0 Å². The quantitative estimate of drug-likeness (QED) is 0.900. The van der Waals surface area contributed by atoms with Crippen molar-refractivity contribution in [2.45, 2.75) is 31.8 Å². The summed E-state index contributed by atoms with van der Waals surface area (Å²) in [5.41, 5.74) is 2.52. The summed E-state index contributed by atoms with van der Waals surface area (Å²) < 4.78 is 10.8. The molecular weight excluding hydrogens is 306 g/mol. The minimum atomic E-state index is 0.515. The van der Waals surface area contributed by atoms with Crippen molar-refractivity contribution >= 4 is 11.8 Å². The van der Waals surface area contributed by atoms with Gasteiger partial charge in [0.05, 0.1) is 20.4 Å². The second-order valence-electron chi connectivity index (χ2n) is 6.20. The summed E-state index contributed by atoms with van der Waals surface area (Å²) in [6, 6.07) is 4.64. The van der Waals surface area contributed by atoms with Gasteiger partial charge in [0.15, 0.2) is 17.3 Å². The van der Waals surface area contributed by atoms with Gasteiger partial charge in [0.1, 0.15) is 0 Å². The van der Waals surface area contributed by atoms with Crippen LogP contribution >= 0.6 is 0 Å². The van der Waals surface area contributed by atoms with Gasteiger partial charge in [-0.2, -0.15) is 10.1 Å². The Kier molecular flexibility index (Phi) is 3.84. The summed E-state index contributed by atoms with van der Waals surface area (Å²) in [6.07, 6.45) is 5.04. The molecule has 2 heterocycles. The smallest absolute Gasteiger partial charge is 0.244 e. The van der Waals surface area contributed by atoms with Crippen molar-refractivity contribution < 1.29 is 9.47 Å². The minimum absolute atomic E-state index is 0.515. The summed E-state index contributed by atoms with van der Waals surface area (Å²) in [4.78, 5) is 6.83. The molecule has 1 aliphatic carbocycles. The lowest BCUT2D eigenvalue weighted by Gasteiger charge is -2.30. The van der Waals surface area contributed by atoms with Crippen LogP contribution in [0.15, 0.2) is 18.3 Å². The summed E-state index contributed by atoms with van der Waals surface area (Å²) in [6.45, 7) is 1.67. The fourth-order valence-corrected chi connectivity index (χ4v) is 3.00. The van der Waals surface area contributed by atoms with Crippen molar-refractivity contribution in [1.82, 2.24) is 15.2 Å². The van der Waals surface area contributed by atoms with E-state index in [0.29, 0.717) is 12.0 Å². The van der Waals surface area contributed by atoms with Gasteiger partial charge < -0.3 is 19.7 Å². The monoisotopic (exact) mass is 327 g/mol. The first-order valence-corrected chi connectivity index (χ1v) is 8.22. The molecule has 24 heavy (non-hydrogen) atoms. The van der Waals surface area contributed by atoms with Gasteiger partial charge in [0.2, 0.25) is 5.95 Å². The SMILES string of the molecule is COc1cc2c(cc1OC)CN(c1cnnc(NC3CC3)n1)CC2. The van der Waals surface area contributed by atoms with E-state index in [-0.39, 0.29) is 0 Å². The molecule has 4 rings (SSSR count). The second-order valence-corrected chi connectivity index (χ2v) is 6.20. The third-order valence-electron chi connectivity index (χ3n) is 4.50. The van der Waals surface area contributed by atoms with Crippen LogP contribution in [-0.2, 0) is 13.0 Å². The molecule has 0 spiro atoms. The van der Waals surface area contributed by atoms with Crippen LogP contribution in [0.1, 0.15) is 24.0 Å². The number of nitrogens with zero attached hydrogens (tertiary/aromatic N) is 4. The number of anilines is 2. The Labute approximate surface area is 141 Å². The van der Waals surface area contributed by atoms with Gasteiger partial charge in [-0.15, -0.1) is 5.10 Å². The number of hydrogen-bond acceptors (Lipinski definition) is 7. The van der Waals surface area contributed by atoms with Crippen LogP contribution in [0.25, 0.3) is 0 Å². The first kappa shape index (κ1) is 15.0. The van der Waals surface area contributed by atoms with Gasteiger partial charge in [0.25, 0.3) is 0 Å². The number of nitrogens with one attached hydrogen (secondary N) is 1. The first-order valence-electron chi connectivity index (χ1n) is 8.22. The van der Waals surface area contributed by atoms with Crippen LogP contribution in [0.4, 0.5) is 11.8 Å². The highest BCUT2D eigenvalue weighted by atomic mass is 16.5. The second kappa shape index (κ2) is 6.14. The van der Waals surface area contributed by atoms with Crippen LogP contribution in [0, 0.1) is 0 Å². The van der Waals surface area contributed by atoms with Gasteiger partial charge in [-0.05, 0) is 42.5 Å². The Bertz CT molecular complexity index is 748. The van der Waals surface area contributed by atoms with Crippen LogP contribution < -0.4 is 19.7 Å². The maximum Gasteiger partial charge on any atom is 0.244 e. The Hall–Kier alpha value is -2.57. The van der Waals surface area contributed by atoms with Crippen LogP contribution in [0.2, 0.25) is 0 Å². The Morgan fingerprint density at radius 2 is 1.88 bits per heavy atom. The number of aromatic nitrogens is 3. The molecule has 1 N–H and O–H groups in total. The lowest BCUT2D eigenvalue weighted by Crippen LogP contribution is -2.31. The summed E-state index contributed by atoms with van der Waals surface area (Å²) in [7, 11) is 3.33. The third kappa shape index (κ3) is 2.93. The molecule has 0 bridgehead atoms. The average molecular weight is 327 g/mol. The molecule has 0 radical (unpaired) electrons. The molecule has 7 nitrogen and oxygen atoms in total. The van der Waals surface area contributed by atoms with E-state index < -0.39 is 0 Å². The highest BCUT2D eigenvalue weighted by molar-refractivity contribution is 5.52. The van der Waals surface area contributed by atoms with E-state index in [1.165, 1.54) is 24.0 Å². The normalized spacial score (nSPS) is 16.5. The number of ether oxygens (including phenoxy) is 2. The number of fused-ring (bicyclic) bond motifs is 1. The van der Waals surface area contributed by atoms with Crippen LogP contribution in [-0.4, -0.2) is 42.0 Å². The number of hydrogen-bond donors (Lipinski definition) is 1. The van der Waals surface area contributed by atoms with E-state index >= 15 is 0 Å². The van der Waals surface area contributed by atoms with Crippen molar-refractivity contribution in [3.8, 4) is 11.5 Å². The summed E-state index contributed by atoms with van der Waals surface area (Å²) in [5.74, 6) is 3.01. The largest absolute Gasteiger partial charge is 0.493 e. The maximum absolute atomic E-state index is 5.42. The molecule has 0 unspecified atom stereocenters. The maximum atomic E-state index is 5.42. The summed E-state index contributed by atoms with van der Waals surface area (Å²) >= 11 is 0. The van der Waals surface area contributed by atoms with Crippen molar-refractivity contribution in [2.75, 3.05) is 31.0 Å². The fourth-order valence-electron chi connectivity index (χ4n) is 3.00. The molecule has 1 fully saturated rings. The molecular formula is C17H21N5O2. The molecule has 1 aromatic carbocycles. The highest BCUT2D eigenvalue weighted by Gasteiger charge is 2.24. The average Bonchev–Trinajstić information content (AvgIpc) is 3.44. The number of methoxy groups -OCH3 is 2. The van der Waals surface area contributed by atoms with Gasteiger partial charge >= 0.3 is 0 Å². The topological polar surface area (TPSA) is 72.4 Å². The molecule has 7 heteroatoms. The highest BCUT2D eigenvalue weighted by Crippen LogP contribution is 2.34. The predicted molar refractivity (Wildman–Crippen MR) is 90.8 cm³/mol. The van der Waals surface area contributed by atoms with E-state index in [4.69, 9.17) is 9.47 Å². The summed E-state index contributed by atoms with van der Waals surface area (Å²) in [5, 5.41) is 11.5. The minimum Gasteiger partial charge on any atom is -0.493 e. The Balaban J connectivity index is 1.57. The standard InChI is InChI=1S/C17H21N5O2/c1-23-14-7-11-5-6-22(10-12(11)8-15(14)24-2)16-9-18-21-17(20-16)19-13-3-4-13/h7-9,13H,3-6,10H2,1-2H3,(H,19,20,21).